The van der Waals surface area contributed by atoms with Gasteiger partial charge in [-0.2, -0.15) is 8.42 Å². The molecule has 7 heteroatoms. The molecule has 0 heterocycles. The summed E-state index contributed by atoms with van der Waals surface area (Å²) in [5.41, 5.74) is 0.379. The molecule has 0 saturated carbocycles. The summed E-state index contributed by atoms with van der Waals surface area (Å²) in [4.78, 5) is -0.692. The van der Waals surface area contributed by atoms with Crippen molar-refractivity contribution in [3.8, 4) is 17.2 Å². The molecule has 136 valence electrons. The zero-order chi connectivity index (χ0) is 18.3. The Labute approximate surface area is 177 Å². The molecule has 0 aromatic heterocycles. The third-order valence-electron chi connectivity index (χ3n) is 3.94. The number of aryl methyl sites for hydroxylation is 1. The van der Waals surface area contributed by atoms with Crippen LogP contribution in [-0.2, 0) is 16.5 Å². The van der Waals surface area contributed by atoms with Gasteiger partial charge in [0.15, 0.2) is 0 Å². The Kier molecular flexibility index (Phi) is 9.68. The SMILES string of the molecule is CCCCCCCc1ccc(Oc2ccccc2)c(S(=O)(=O)O)c1[O-].[Na+]. The van der Waals surface area contributed by atoms with E-state index in [9.17, 15) is 18.1 Å². The van der Waals surface area contributed by atoms with Crippen molar-refractivity contribution in [2.45, 2.75) is 50.3 Å². The Balaban J connectivity index is 0.00000338. The van der Waals surface area contributed by atoms with E-state index in [1.807, 2.05) is 0 Å². The van der Waals surface area contributed by atoms with Gasteiger partial charge in [0.2, 0.25) is 0 Å². The predicted octanol–water partition coefficient (Wildman–Crippen LogP) is 1.32. The Hall–Kier alpha value is -1.05. The molecule has 0 unspecified atom stereocenters. The molecule has 0 aliphatic rings. The van der Waals surface area contributed by atoms with E-state index >= 15 is 0 Å². The topological polar surface area (TPSA) is 86.7 Å². The van der Waals surface area contributed by atoms with E-state index in [1.54, 1.807) is 36.4 Å². The summed E-state index contributed by atoms with van der Waals surface area (Å²) in [5.74, 6) is -0.459. The molecular weight excluding hydrogens is 363 g/mol. The molecule has 26 heavy (non-hydrogen) atoms. The zero-order valence-corrected chi connectivity index (χ0v) is 18.1. The minimum absolute atomic E-state index is 0. The van der Waals surface area contributed by atoms with Crippen molar-refractivity contribution in [2.75, 3.05) is 0 Å². The Bertz CT molecular complexity index is 791. The van der Waals surface area contributed by atoms with E-state index in [0.29, 0.717) is 17.7 Å². The number of hydrogen-bond acceptors (Lipinski definition) is 4. The molecule has 1 N–H and O–H groups in total. The van der Waals surface area contributed by atoms with E-state index in [2.05, 4.69) is 6.92 Å². The molecule has 0 atom stereocenters. The largest absolute Gasteiger partial charge is 1.00 e. The summed E-state index contributed by atoms with van der Waals surface area (Å²) in [7, 11) is -4.68. The van der Waals surface area contributed by atoms with Gasteiger partial charge < -0.3 is 9.84 Å². The number of unbranched alkanes of at least 4 members (excludes halogenated alkanes) is 4. The second-order valence-electron chi connectivity index (χ2n) is 5.94. The summed E-state index contributed by atoms with van der Waals surface area (Å²) in [6.07, 6.45) is 5.63. The minimum Gasteiger partial charge on any atom is -0.871 e. The van der Waals surface area contributed by atoms with Crippen LogP contribution in [0.25, 0.3) is 0 Å². The molecule has 0 aliphatic heterocycles. The first-order chi connectivity index (χ1) is 11.9. The first-order valence-corrected chi connectivity index (χ1v) is 9.90. The molecule has 0 radical (unpaired) electrons. The molecule has 2 rings (SSSR count). The van der Waals surface area contributed by atoms with E-state index in [4.69, 9.17) is 4.74 Å². The number of benzene rings is 2. The molecular formula is C19H23NaO5S. The van der Waals surface area contributed by atoms with Crippen LogP contribution in [-0.4, -0.2) is 13.0 Å². The van der Waals surface area contributed by atoms with Gasteiger partial charge in [-0.3, -0.25) is 4.55 Å². The van der Waals surface area contributed by atoms with Crippen LogP contribution in [0.2, 0.25) is 0 Å². The molecule has 0 spiro atoms. The van der Waals surface area contributed by atoms with Gasteiger partial charge in [-0.1, -0.05) is 68.2 Å². The standard InChI is InChI=1S/C19H24O5S.Na/c1-2-3-4-5-7-10-15-13-14-17(19(18(15)20)25(21,22)23)24-16-11-8-6-9-12-16;/h6,8-9,11-14,20H,2-5,7,10H2,1H3,(H,21,22,23);/q;+1/p-1. The predicted molar refractivity (Wildman–Crippen MR) is 94.7 cm³/mol. The summed E-state index contributed by atoms with van der Waals surface area (Å²) in [5, 5.41) is 12.5. The van der Waals surface area contributed by atoms with E-state index < -0.39 is 20.8 Å². The van der Waals surface area contributed by atoms with Gasteiger partial charge in [0.05, 0.1) is 0 Å². The number of rotatable bonds is 9. The van der Waals surface area contributed by atoms with Gasteiger partial charge in [0, 0.05) is 0 Å². The normalized spacial score (nSPS) is 11.0. The van der Waals surface area contributed by atoms with Crippen molar-refractivity contribution in [3.05, 3.63) is 48.0 Å². The average molecular weight is 386 g/mol. The Morgan fingerprint density at radius 3 is 2.27 bits per heavy atom. The maximum atomic E-state index is 12.5. The van der Waals surface area contributed by atoms with Crippen molar-refractivity contribution >= 4 is 10.1 Å². The molecule has 0 bridgehead atoms. The molecule has 0 aliphatic carbocycles. The second kappa shape index (κ2) is 10.9. The van der Waals surface area contributed by atoms with Crippen molar-refractivity contribution in [3.63, 3.8) is 0 Å². The third kappa shape index (κ3) is 6.59. The van der Waals surface area contributed by atoms with E-state index in [-0.39, 0.29) is 35.3 Å². The van der Waals surface area contributed by atoms with E-state index in [0.717, 1.165) is 32.1 Å². The van der Waals surface area contributed by atoms with Gasteiger partial charge in [-0.15, -0.1) is 0 Å². The summed E-state index contributed by atoms with van der Waals surface area (Å²) in [6, 6.07) is 11.5. The van der Waals surface area contributed by atoms with Crippen molar-refractivity contribution < 1.29 is 52.4 Å². The number of para-hydroxylation sites is 1. The molecule has 0 amide bonds. The van der Waals surface area contributed by atoms with Gasteiger partial charge in [0.1, 0.15) is 16.4 Å². The van der Waals surface area contributed by atoms with Crippen molar-refractivity contribution in [1.29, 1.82) is 0 Å². The quantitative estimate of drug-likeness (QED) is 0.399. The fraction of sp³-hybridized carbons (Fsp3) is 0.368. The van der Waals surface area contributed by atoms with Crippen LogP contribution in [0.4, 0.5) is 0 Å². The van der Waals surface area contributed by atoms with Crippen LogP contribution in [0.3, 0.4) is 0 Å². The van der Waals surface area contributed by atoms with Crippen molar-refractivity contribution in [2.24, 2.45) is 0 Å². The monoisotopic (exact) mass is 386 g/mol. The molecule has 2 aromatic rings. The number of ether oxygens (including phenoxy) is 1. The van der Waals surface area contributed by atoms with Crippen molar-refractivity contribution in [1.82, 2.24) is 0 Å². The fourth-order valence-corrected chi connectivity index (χ4v) is 3.37. The van der Waals surface area contributed by atoms with Crippen LogP contribution in [0.1, 0.15) is 44.6 Å². The summed E-state index contributed by atoms with van der Waals surface area (Å²) >= 11 is 0. The van der Waals surface area contributed by atoms with Crippen LogP contribution in [0.15, 0.2) is 47.4 Å². The van der Waals surface area contributed by atoms with Crippen LogP contribution in [0.5, 0.6) is 17.2 Å². The average Bonchev–Trinajstić information content (AvgIpc) is 2.56. The van der Waals surface area contributed by atoms with Gasteiger partial charge >= 0.3 is 29.6 Å². The van der Waals surface area contributed by atoms with Crippen LogP contribution in [0, 0.1) is 0 Å². The minimum atomic E-state index is -4.68. The van der Waals surface area contributed by atoms with Gasteiger partial charge in [-0.05, 0) is 31.0 Å². The maximum Gasteiger partial charge on any atom is 1.00 e. The number of hydrogen-bond donors (Lipinski definition) is 1. The molecule has 0 fully saturated rings. The van der Waals surface area contributed by atoms with Gasteiger partial charge in [0.25, 0.3) is 10.1 Å². The smallest absolute Gasteiger partial charge is 0.871 e. The fourth-order valence-electron chi connectivity index (χ4n) is 2.64. The molecule has 5 nitrogen and oxygen atoms in total. The second-order valence-corrected chi connectivity index (χ2v) is 7.29. The van der Waals surface area contributed by atoms with Gasteiger partial charge in [-0.25, -0.2) is 0 Å². The third-order valence-corrected chi connectivity index (χ3v) is 4.84. The zero-order valence-electron chi connectivity index (χ0n) is 15.3. The first kappa shape index (κ1) is 23.0. The summed E-state index contributed by atoms with van der Waals surface area (Å²) in [6.45, 7) is 2.12. The molecule has 2 aromatic carbocycles. The van der Waals surface area contributed by atoms with Crippen LogP contribution < -0.4 is 39.4 Å². The maximum absolute atomic E-state index is 12.5. The Morgan fingerprint density at radius 2 is 1.65 bits per heavy atom. The first-order valence-electron chi connectivity index (χ1n) is 8.46. The summed E-state index contributed by atoms with van der Waals surface area (Å²) < 4.78 is 38.4. The van der Waals surface area contributed by atoms with E-state index in [1.165, 1.54) is 6.07 Å². The Morgan fingerprint density at radius 1 is 1.00 bits per heavy atom. The molecule has 0 saturated heterocycles. The van der Waals surface area contributed by atoms with Crippen LogP contribution >= 0.6 is 0 Å².